The molecule has 7 heteroatoms. The van der Waals surface area contributed by atoms with Gasteiger partial charge in [0, 0.05) is 11.4 Å². The molecule has 0 radical (unpaired) electrons. The number of nitrogens with zero attached hydrogens (tertiary/aromatic N) is 1. The van der Waals surface area contributed by atoms with Crippen LogP contribution in [0.4, 0.5) is 0 Å². The number of nitrogens with one attached hydrogen (secondary N) is 2. The molecule has 0 bridgehead atoms. The van der Waals surface area contributed by atoms with Crippen LogP contribution in [0.5, 0.6) is 0 Å². The van der Waals surface area contributed by atoms with Gasteiger partial charge in [0.25, 0.3) is 11.8 Å². The summed E-state index contributed by atoms with van der Waals surface area (Å²) in [5.41, 5.74) is 2.46. The molecule has 0 aromatic carbocycles. The number of carbonyl (C=O) groups excluding carboxylic acids is 2. The van der Waals surface area contributed by atoms with E-state index in [2.05, 4.69) is 10.6 Å². The Morgan fingerprint density at radius 1 is 1.13 bits per heavy atom. The van der Waals surface area contributed by atoms with Crippen LogP contribution in [0.3, 0.4) is 0 Å². The van der Waals surface area contributed by atoms with Crippen LogP contribution in [-0.4, -0.2) is 21.8 Å². The summed E-state index contributed by atoms with van der Waals surface area (Å²) >= 11 is 4.81. The average Bonchev–Trinajstić information content (AvgIpc) is 2.94. The summed E-state index contributed by atoms with van der Waals surface area (Å²) < 4.78 is 5.37. The molecule has 2 aliphatic heterocycles. The van der Waals surface area contributed by atoms with E-state index in [0.717, 1.165) is 17.2 Å². The normalized spacial score (nSPS) is 18.5. The molecule has 0 saturated carbocycles. The fourth-order valence-corrected chi connectivity index (χ4v) is 2.79. The van der Waals surface area contributed by atoms with Gasteiger partial charge in [0.2, 0.25) is 0 Å². The molecule has 2 N–H and O–H groups in total. The van der Waals surface area contributed by atoms with Crippen LogP contribution >= 0.6 is 12.2 Å². The molecule has 6 nitrogen and oxygen atoms in total. The zero-order chi connectivity index (χ0) is 16.6. The number of hydrogen-bond donors (Lipinski definition) is 2. The Labute approximate surface area is 138 Å². The van der Waals surface area contributed by atoms with E-state index >= 15 is 0 Å². The van der Waals surface area contributed by atoms with Crippen molar-refractivity contribution in [3.05, 3.63) is 58.8 Å². The maximum absolute atomic E-state index is 12.1. The summed E-state index contributed by atoms with van der Waals surface area (Å²) in [6, 6.07) is 3.74. The molecular weight excluding hydrogens is 314 g/mol. The molecule has 1 aromatic heterocycles. The van der Waals surface area contributed by atoms with E-state index in [1.807, 2.05) is 30.9 Å². The van der Waals surface area contributed by atoms with Gasteiger partial charge in [-0.3, -0.25) is 20.2 Å². The van der Waals surface area contributed by atoms with Crippen LogP contribution in [0.25, 0.3) is 0 Å². The quantitative estimate of drug-likeness (QED) is 0.491. The largest absolute Gasteiger partial charge is 0.467 e. The lowest BCUT2D eigenvalue weighted by Gasteiger charge is -2.29. The van der Waals surface area contributed by atoms with Crippen molar-refractivity contribution in [3.63, 3.8) is 0 Å². The molecule has 23 heavy (non-hydrogen) atoms. The first-order valence-corrected chi connectivity index (χ1v) is 7.44. The highest BCUT2D eigenvalue weighted by Crippen LogP contribution is 2.27. The Balaban J connectivity index is 1.94. The van der Waals surface area contributed by atoms with Gasteiger partial charge in [0.15, 0.2) is 5.11 Å². The van der Waals surface area contributed by atoms with Crippen LogP contribution in [0.15, 0.2) is 57.5 Å². The Morgan fingerprint density at radius 2 is 1.74 bits per heavy atom. The van der Waals surface area contributed by atoms with Crippen molar-refractivity contribution in [2.75, 3.05) is 0 Å². The van der Waals surface area contributed by atoms with Crippen molar-refractivity contribution < 1.29 is 14.0 Å². The van der Waals surface area contributed by atoms with Crippen molar-refractivity contribution in [1.82, 2.24) is 15.5 Å². The van der Waals surface area contributed by atoms with Crippen LogP contribution in [0.1, 0.15) is 19.6 Å². The third-order valence-corrected chi connectivity index (χ3v) is 3.88. The first-order chi connectivity index (χ1) is 11.0. The predicted molar refractivity (Wildman–Crippen MR) is 87.7 cm³/mol. The summed E-state index contributed by atoms with van der Waals surface area (Å²) in [5, 5.41) is 4.93. The molecule has 3 rings (SSSR count). The Morgan fingerprint density at radius 3 is 2.26 bits per heavy atom. The van der Waals surface area contributed by atoms with Gasteiger partial charge in [0.05, 0.1) is 12.8 Å². The SMILES string of the molecule is CC1=CC(=C2C(=O)NC(=S)NC2=O)C=C(C)N1Cc1ccco1. The molecule has 0 aliphatic carbocycles. The van der Waals surface area contributed by atoms with Gasteiger partial charge < -0.3 is 9.32 Å². The highest BCUT2D eigenvalue weighted by atomic mass is 32.1. The van der Waals surface area contributed by atoms with Crippen LogP contribution in [0, 0.1) is 0 Å². The maximum Gasteiger partial charge on any atom is 0.263 e. The third kappa shape index (κ3) is 2.95. The Bertz CT molecular complexity index is 744. The lowest BCUT2D eigenvalue weighted by atomic mass is 10.00. The van der Waals surface area contributed by atoms with E-state index in [-0.39, 0.29) is 10.7 Å². The minimum atomic E-state index is -0.485. The number of furan rings is 1. The molecule has 1 fully saturated rings. The maximum atomic E-state index is 12.1. The molecule has 0 atom stereocenters. The number of thiocarbonyl (C=S) groups is 1. The highest BCUT2D eigenvalue weighted by Gasteiger charge is 2.29. The van der Waals surface area contributed by atoms with Gasteiger partial charge in [-0.2, -0.15) is 0 Å². The summed E-state index contributed by atoms with van der Waals surface area (Å²) in [5.74, 6) is -0.136. The molecule has 2 aliphatic rings. The van der Waals surface area contributed by atoms with E-state index in [1.165, 1.54) is 0 Å². The van der Waals surface area contributed by atoms with E-state index in [1.54, 1.807) is 18.4 Å². The third-order valence-electron chi connectivity index (χ3n) is 3.67. The van der Waals surface area contributed by atoms with Crippen LogP contribution in [-0.2, 0) is 16.1 Å². The topological polar surface area (TPSA) is 74.6 Å². The lowest BCUT2D eigenvalue weighted by molar-refractivity contribution is -0.123. The van der Waals surface area contributed by atoms with E-state index < -0.39 is 11.8 Å². The monoisotopic (exact) mass is 329 g/mol. The molecule has 1 saturated heterocycles. The van der Waals surface area contributed by atoms with Crippen molar-refractivity contribution in [2.24, 2.45) is 0 Å². The van der Waals surface area contributed by atoms with Crippen molar-refractivity contribution in [1.29, 1.82) is 0 Å². The summed E-state index contributed by atoms with van der Waals surface area (Å²) in [4.78, 5) is 26.2. The molecule has 2 amide bonds. The Hall–Kier alpha value is -2.67. The molecule has 1 aromatic rings. The summed E-state index contributed by atoms with van der Waals surface area (Å²) in [6.45, 7) is 4.43. The minimum Gasteiger partial charge on any atom is -0.467 e. The fourth-order valence-electron chi connectivity index (χ4n) is 2.61. The second-order valence-corrected chi connectivity index (χ2v) is 5.71. The zero-order valence-electron chi connectivity index (χ0n) is 12.7. The smallest absolute Gasteiger partial charge is 0.263 e. The first-order valence-electron chi connectivity index (χ1n) is 7.03. The van der Waals surface area contributed by atoms with Crippen molar-refractivity contribution in [2.45, 2.75) is 20.4 Å². The zero-order valence-corrected chi connectivity index (χ0v) is 13.5. The van der Waals surface area contributed by atoms with Gasteiger partial charge in [-0.05, 0) is 55.9 Å². The van der Waals surface area contributed by atoms with Gasteiger partial charge in [-0.1, -0.05) is 0 Å². The van der Waals surface area contributed by atoms with Gasteiger partial charge in [-0.25, -0.2) is 0 Å². The molecule has 0 spiro atoms. The molecule has 3 heterocycles. The van der Waals surface area contributed by atoms with E-state index in [9.17, 15) is 9.59 Å². The number of hydrogen-bond acceptors (Lipinski definition) is 5. The summed E-state index contributed by atoms with van der Waals surface area (Å²) in [7, 11) is 0. The van der Waals surface area contributed by atoms with Crippen LogP contribution in [0.2, 0.25) is 0 Å². The first kappa shape index (κ1) is 15.2. The highest BCUT2D eigenvalue weighted by molar-refractivity contribution is 7.80. The van der Waals surface area contributed by atoms with Crippen molar-refractivity contribution >= 4 is 29.1 Å². The average molecular weight is 329 g/mol. The summed E-state index contributed by atoms with van der Waals surface area (Å²) in [6.07, 6.45) is 5.24. The number of rotatable bonds is 2. The molecule has 118 valence electrons. The number of carbonyl (C=O) groups is 2. The minimum absolute atomic E-state index is 0.0287. The van der Waals surface area contributed by atoms with E-state index in [4.69, 9.17) is 16.6 Å². The standard InChI is InChI=1S/C16H15N3O3S/c1-9-6-11(13-14(20)17-16(23)18-15(13)21)7-10(2)19(9)8-12-4-3-5-22-12/h3-7H,8H2,1-2H3,(H2,17,18,20,21,23). The fraction of sp³-hybridized carbons (Fsp3) is 0.188. The molecular formula is C16H15N3O3S. The van der Waals surface area contributed by atoms with Crippen molar-refractivity contribution in [3.8, 4) is 0 Å². The van der Waals surface area contributed by atoms with Crippen LogP contribution < -0.4 is 10.6 Å². The molecule has 0 unspecified atom stereocenters. The second-order valence-electron chi connectivity index (χ2n) is 5.30. The van der Waals surface area contributed by atoms with Gasteiger partial charge in [-0.15, -0.1) is 0 Å². The number of amides is 2. The second kappa shape index (κ2) is 5.85. The Kier molecular flexibility index (Phi) is 3.87. The van der Waals surface area contributed by atoms with Gasteiger partial charge >= 0.3 is 0 Å². The van der Waals surface area contributed by atoms with Gasteiger partial charge in [0.1, 0.15) is 11.3 Å². The number of allylic oxidation sites excluding steroid dienone is 5. The van der Waals surface area contributed by atoms with E-state index in [0.29, 0.717) is 12.1 Å². The predicted octanol–water partition coefficient (Wildman–Crippen LogP) is 1.73. The lowest BCUT2D eigenvalue weighted by Crippen LogP contribution is -2.51.